The molecule has 1 fully saturated rings. The van der Waals surface area contributed by atoms with Gasteiger partial charge in [-0.25, -0.2) is 9.97 Å². The number of thioether (sulfide) groups is 1. The smallest absolute Gasteiger partial charge is 0.191 e. The summed E-state index contributed by atoms with van der Waals surface area (Å²) in [6, 6.07) is 6.86. The number of aryl methyl sites for hydroxylation is 3. The Morgan fingerprint density at radius 1 is 1.09 bits per heavy atom. The summed E-state index contributed by atoms with van der Waals surface area (Å²) in [5.74, 6) is 2.60. The van der Waals surface area contributed by atoms with Gasteiger partial charge in [0, 0.05) is 19.3 Å². The molecule has 1 aromatic carbocycles. The Morgan fingerprint density at radius 3 is 2.75 bits per heavy atom. The van der Waals surface area contributed by atoms with Gasteiger partial charge in [0.1, 0.15) is 0 Å². The molecule has 0 unspecified atom stereocenters. The zero-order valence-corrected chi connectivity index (χ0v) is 21.4. The molecule has 1 aliphatic rings. The van der Waals surface area contributed by atoms with Crippen molar-refractivity contribution < 1.29 is 0 Å². The molecule has 9 heteroatoms. The third kappa shape index (κ3) is 4.48. The highest BCUT2D eigenvalue weighted by atomic mass is 32.2. The Balaban J connectivity index is 1.12. The molecule has 0 saturated carbocycles. The van der Waals surface area contributed by atoms with E-state index < -0.39 is 0 Å². The standard InChI is InChI=1S/C23H28N6S3/c1-14-21(32-15(2)24-14)22-26-27-23(28(22)4)30-11-5-9-29-10-8-18(13-29)17-6-7-20-19(12-17)25-16(3)31-20/h6-7,12,18H,5,8-11,13H2,1-4H3/t18-/m1/s1. The highest BCUT2D eigenvalue weighted by Crippen LogP contribution is 2.32. The van der Waals surface area contributed by atoms with Crippen molar-refractivity contribution >= 4 is 44.7 Å². The van der Waals surface area contributed by atoms with Crippen molar-refractivity contribution in [1.82, 2.24) is 29.6 Å². The van der Waals surface area contributed by atoms with Gasteiger partial charge in [0.2, 0.25) is 0 Å². The molecular formula is C23H28N6S3. The molecular weight excluding hydrogens is 456 g/mol. The van der Waals surface area contributed by atoms with Crippen LogP contribution in [0.5, 0.6) is 0 Å². The first-order valence-electron chi connectivity index (χ1n) is 11.0. The van der Waals surface area contributed by atoms with Crippen molar-refractivity contribution in [1.29, 1.82) is 0 Å². The van der Waals surface area contributed by atoms with Crippen LogP contribution in [-0.2, 0) is 7.05 Å². The molecule has 0 amide bonds. The van der Waals surface area contributed by atoms with E-state index in [0.29, 0.717) is 5.92 Å². The van der Waals surface area contributed by atoms with E-state index >= 15 is 0 Å². The topological polar surface area (TPSA) is 59.7 Å². The Kier molecular flexibility index (Phi) is 6.33. The molecule has 0 aliphatic carbocycles. The molecule has 1 saturated heterocycles. The zero-order chi connectivity index (χ0) is 22.2. The number of benzene rings is 1. The van der Waals surface area contributed by atoms with E-state index in [4.69, 9.17) is 0 Å². The molecule has 4 aromatic rings. The lowest BCUT2D eigenvalue weighted by molar-refractivity contribution is 0.336. The zero-order valence-electron chi connectivity index (χ0n) is 19.0. The van der Waals surface area contributed by atoms with Crippen LogP contribution in [0.1, 0.15) is 40.0 Å². The van der Waals surface area contributed by atoms with Gasteiger partial charge >= 0.3 is 0 Å². The normalized spacial score (nSPS) is 17.1. The number of aromatic nitrogens is 5. The first-order valence-corrected chi connectivity index (χ1v) is 13.7. The monoisotopic (exact) mass is 484 g/mol. The molecule has 168 valence electrons. The summed E-state index contributed by atoms with van der Waals surface area (Å²) >= 11 is 5.27. The highest BCUT2D eigenvalue weighted by Gasteiger charge is 2.24. The number of thiazole rings is 2. The molecule has 0 radical (unpaired) electrons. The summed E-state index contributed by atoms with van der Waals surface area (Å²) in [6.07, 6.45) is 2.39. The fraction of sp³-hybridized carbons (Fsp3) is 0.478. The number of nitrogens with zero attached hydrogens (tertiary/aromatic N) is 6. The Morgan fingerprint density at radius 2 is 1.94 bits per heavy atom. The fourth-order valence-electron chi connectivity index (χ4n) is 4.45. The predicted molar refractivity (Wildman–Crippen MR) is 135 cm³/mol. The fourth-order valence-corrected chi connectivity index (χ4v) is 7.03. The van der Waals surface area contributed by atoms with Gasteiger partial charge in [-0.3, -0.25) is 0 Å². The van der Waals surface area contributed by atoms with Crippen molar-refractivity contribution in [2.75, 3.05) is 25.4 Å². The molecule has 0 bridgehead atoms. The maximum atomic E-state index is 4.67. The number of hydrogen-bond acceptors (Lipinski definition) is 8. The second kappa shape index (κ2) is 9.21. The highest BCUT2D eigenvalue weighted by molar-refractivity contribution is 7.99. The average molecular weight is 485 g/mol. The molecule has 5 rings (SSSR count). The van der Waals surface area contributed by atoms with Crippen LogP contribution < -0.4 is 0 Å². The van der Waals surface area contributed by atoms with E-state index in [-0.39, 0.29) is 0 Å². The summed E-state index contributed by atoms with van der Waals surface area (Å²) < 4.78 is 3.40. The maximum absolute atomic E-state index is 4.67. The van der Waals surface area contributed by atoms with Gasteiger partial charge in [-0.15, -0.1) is 32.9 Å². The molecule has 1 atom stereocenters. The van der Waals surface area contributed by atoms with Gasteiger partial charge in [0.05, 0.1) is 30.8 Å². The van der Waals surface area contributed by atoms with Crippen LogP contribution in [0, 0.1) is 20.8 Å². The van der Waals surface area contributed by atoms with Gasteiger partial charge < -0.3 is 9.47 Å². The van der Waals surface area contributed by atoms with Crippen LogP contribution >= 0.6 is 34.4 Å². The SMILES string of the molecule is Cc1nc(C)c(-c2nnc(SCCCN3CC[C@@H](c4ccc5sc(C)nc5c4)C3)n2C)s1. The second-order valence-corrected chi connectivity index (χ2v) is 12.0. The van der Waals surface area contributed by atoms with Gasteiger partial charge in [-0.05, 0) is 70.3 Å². The van der Waals surface area contributed by atoms with Crippen molar-refractivity contribution in [2.24, 2.45) is 7.05 Å². The summed E-state index contributed by atoms with van der Waals surface area (Å²) in [7, 11) is 2.05. The van der Waals surface area contributed by atoms with E-state index in [9.17, 15) is 0 Å². The first kappa shape index (κ1) is 22.0. The summed E-state index contributed by atoms with van der Waals surface area (Å²) in [5, 5.41) is 12.1. The Bertz CT molecular complexity index is 1240. The number of rotatable bonds is 7. The van der Waals surface area contributed by atoms with Gasteiger partial charge in [0.15, 0.2) is 11.0 Å². The molecule has 3 aromatic heterocycles. The van der Waals surface area contributed by atoms with Crippen LogP contribution in [-0.4, -0.2) is 55.0 Å². The first-order chi connectivity index (χ1) is 15.5. The minimum Gasteiger partial charge on any atom is -0.304 e. The lowest BCUT2D eigenvalue weighted by atomic mass is 9.98. The molecule has 0 N–H and O–H groups in total. The van der Waals surface area contributed by atoms with E-state index in [2.05, 4.69) is 61.8 Å². The van der Waals surface area contributed by atoms with E-state index in [1.165, 1.54) is 23.2 Å². The van der Waals surface area contributed by atoms with E-state index in [1.807, 2.05) is 13.8 Å². The summed E-state index contributed by atoms with van der Waals surface area (Å²) in [5.41, 5.74) is 3.64. The maximum Gasteiger partial charge on any atom is 0.191 e. The third-order valence-corrected chi connectivity index (χ3v) is 9.18. The Hall–Kier alpha value is -1.81. The summed E-state index contributed by atoms with van der Waals surface area (Å²) in [6.45, 7) is 9.63. The Labute approximate surface area is 201 Å². The van der Waals surface area contributed by atoms with Crippen LogP contribution in [0.4, 0.5) is 0 Å². The lowest BCUT2D eigenvalue weighted by Crippen LogP contribution is -2.22. The minimum absolute atomic E-state index is 0.626. The molecule has 4 heterocycles. The van der Waals surface area contributed by atoms with Gasteiger partial charge in [-0.1, -0.05) is 17.8 Å². The molecule has 32 heavy (non-hydrogen) atoms. The van der Waals surface area contributed by atoms with Crippen molar-refractivity contribution in [2.45, 2.75) is 44.7 Å². The van der Waals surface area contributed by atoms with Crippen molar-refractivity contribution in [3.05, 3.63) is 39.5 Å². The molecule has 1 aliphatic heterocycles. The van der Waals surface area contributed by atoms with E-state index in [0.717, 1.165) is 62.3 Å². The van der Waals surface area contributed by atoms with E-state index in [1.54, 1.807) is 34.4 Å². The van der Waals surface area contributed by atoms with Crippen molar-refractivity contribution in [3.8, 4) is 10.7 Å². The number of hydrogen-bond donors (Lipinski definition) is 0. The minimum atomic E-state index is 0.626. The third-order valence-electron chi connectivity index (χ3n) is 6.05. The van der Waals surface area contributed by atoms with Crippen LogP contribution in [0.15, 0.2) is 23.4 Å². The van der Waals surface area contributed by atoms with Crippen LogP contribution in [0.2, 0.25) is 0 Å². The molecule has 0 spiro atoms. The van der Waals surface area contributed by atoms with Crippen LogP contribution in [0.3, 0.4) is 0 Å². The quantitative estimate of drug-likeness (QED) is 0.257. The number of likely N-dealkylation sites (tertiary alicyclic amines) is 1. The predicted octanol–water partition coefficient (Wildman–Crippen LogP) is 5.45. The number of fused-ring (bicyclic) bond motifs is 1. The van der Waals surface area contributed by atoms with Crippen molar-refractivity contribution in [3.63, 3.8) is 0 Å². The molecule has 6 nitrogen and oxygen atoms in total. The van der Waals surface area contributed by atoms with Gasteiger partial charge in [-0.2, -0.15) is 0 Å². The largest absolute Gasteiger partial charge is 0.304 e. The van der Waals surface area contributed by atoms with Crippen LogP contribution in [0.25, 0.3) is 20.9 Å². The average Bonchev–Trinajstić information content (AvgIpc) is 3.52. The summed E-state index contributed by atoms with van der Waals surface area (Å²) in [4.78, 5) is 12.9. The van der Waals surface area contributed by atoms with Gasteiger partial charge in [0.25, 0.3) is 0 Å². The second-order valence-electron chi connectivity index (χ2n) is 8.46. The lowest BCUT2D eigenvalue weighted by Gasteiger charge is -2.16.